The fraction of sp³-hybridized carbons (Fsp3) is 1.00. The molecule has 19 heavy (non-hydrogen) atoms. The topological polar surface area (TPSA) is 47.9 Å². The van der Waals surface area contributed by atoms with E-state index < -0.39 is 6.10 Å². The van der Waals surface area contributed by atoms with Gasteiger partial charge in [0.15, 0.2) is 0 Å². The van der Waals surface area contributed by atoms with Gasteiger partial charge >= 0.3 is 0 Å². The van der Waals surface area contributed by atoms with Gasteiger partial charge in [-0.15, -0.1) is 0 Å². The van der Waals surface area contributed by atoms with Crippen molar-refractivity contribution < 1.29 is 19.3 Å². The summed E-state index contributed by atoms with van der Waals surface area (Å²) in [4.78, 5) is 0. The van der Waals surface area contributed by atoms with E-state index >= 15 is 0 Å². The predicted octanol–water partition coefficient (Wildman–Crippen LogP) is 1.99. The minimum atomic E-state index is -0.395. The van der Waals surface area contributed by atoms with E-state index in [0.717, 1.165) is 45.5 Å². The Morgan fingerprint density at radius 2 is 1.89 bits per heavy atom. The van der Waals surface area contributed by atoms with Gasteiger partial charge in [-0.05, 0) is 37.5 Å². The van der Waals surface area contributed by atoms with Crippen molar-refractivity contribution in [2.24, 2.45) is 11.8 Å². The largest absolute Gasteiger partial charge is 0.390 e. The molecule has 0 amide bonds. The lowest BCUT2D eigenvalue weighted by atomic mass is 9.76. The number of methoxy groups -OCH3 is 1. The minimum Gasteiger partial charge on any atom is -0.390 e. The molecular weight excluding hydrogens is 244 g/mol. The lowest BCUT2D eigenvalue weighted by Gasteiger charge is -2.45. The monoisotopic (exact) mass is 272 g/mol. The third-order valence-electron chi connectivity index (χ3n) is 4.68. The van der Waals surface area contributed by atoms with Gasteiger partial charge in [-0.25, -0.2) is 0 Å². The van der Waals surface area contributed by atoms with Crippen LogP contribution in [0.1, 0.15) is 39.5 Å². The molecule has 2 aliphatic heterocycles. The summed E-state index contributed by atoms with van der Waals surface area (Å²) in [6.07, 6.45) is 3.29. The Labute approximate surface area is 116 Å². The van der Waals surface area contributed by atoms with Crippen molar-refractivity contribution in [1.82, 2.24) is 0 Å². The summed E-state index contributed by atoms with van der Waals surface area (Å²) in [6, 6.07) is 0. The quantitative estimate of drug-likeness (QED) is 0.850. The van der Waals surface area contributed by atoms with Gasteiger partial charge in [0.25, 0.3) is 0 Å². The van der Waals surface area contributed by atoms with Crippen molar-refractivity contribution in [1.29, 1.82) is 0 Å². The Morgan fingerprint density at radius 3 is 2.47 bits per heavy atom. The molecule has 1 N–H and O–H groups in total. The van der Waals surface area contributed by atoms with Crippen LogP contribution in [0.3, 0.4) is 0 Å². The number of aliphatic hydroxyl groups is 1. The van der Waals surface area contributed by atoms with Gasteiger partial charge in [-0.3, -0.25) is 0 Å². The summed E-state index contributed by atoms with van der Waals surface area (Å²) in [5.74, 6) is 0.604. The molecule has 4 heteroatoms. The molecule has 3 atom stereocenters. The second kappa shape index (κ2) is 6.53. The Kier molecular flexibility index (Phi) is 5.23. The van der Waals surface area contributed by atoms with Crippen LogP contribution in [0.25, 0.3) is 0 Å². The lowest BCUT2D eigenvalue weighted by molar-refractivity contribution is -0.171. The molecule has 2 aliphatic rings. The first-order valence-corrected chi connectivity index (χ1v) is 7.50. The first-order valence-electron chi connectivity index (χ1n) is 7.50. The SMILES string of the molecule is COC(C(C)C)C(O)C1CCOC2(CCOCC2)C1. The van der Waals surface area contributed by atoms with Crippen LogP contribution >= 0.6 is 0 Å². The Bertz CT molecular complexity index is 268. The van der Waals surface area contributed by atoms with Crippen LogP contribution in [-0.4, -0.2) is 49.8 Å². The normalized spacial score (nSPS) is 30.5. The van der Waals surface area contributed by atoms with E-state index in [1.54, 1.807) is 7.11 Å². The molecular formula is C15H28O4. The average Bonchev–Trinajstić information content (AvgIpc) is 2.40. The summed E-state index contributed by atoms with van der Waals surface area (Å²) in [6.45, 7) is 6.50. The van der Waals surface area contributed by atoms with E-state index in [1.807, 2.05) is 0 Å². The first-order chi connectivity index (χ1) is 9.08. The molecule has 3 unspecified atom stereocenters. The molecule has 0 aromatic carbocycles. The van der Waals surface area contributed by atoms with E-state index in [0.29, 0.717) is 5.92 Å². The maximum atomic E-state index is 10.6. The van der Waals surface area contributed by atoms with E-state index in [4.69, 9.17) is 14.2 Å². The van der Waals surface area contributed by atoms with Crippen LogP contribution < -0.4 is 0 Å². The summed E-state index contributed by atoms with van der Waals surface area (Å²) >= 11 is 0. The summed E-state index contributed by atoms with van der Waals surface area (Å²) in [5.41, 5.74) is -0.0581. The molecule has 1 spiro atoms. The van der Waals surface area contributed by atoms with Gasteiger partial charge in [0.05, 0.1) is 17.8 Å². The molecule has 4 nitrogen and oxygen atoms in total. The number of ether oxygens (including phenoxy) is 3. The van der Waals surface area contributed by atoms with Crippen molar-refractivity contribution in [3.63, 3.8) is 0 Å². The highest BCUT2D eigenvalue weighted by atomic mass is 16.5. The molecule has 2 rings (SSSR count). The second-order valence-electron chi connectivity index (χ2n) is 6.33. The fourth-order valence-electron chi connectivity index (χ4n) is 3.52. The number of hydrogen-bond acceptors (Lipinski definition) is 4. The zero-order valence-corrected chi connectivity index (χ0v) is 12.4. The molecule has 0 aromatic rings. The standard InChI is InChI=1S/C15H28O4/c1-11(2)14(17-3)13(16)12-4-7-19-15(10-12)5-8-18-9-6-15/h11-14,16H,4-10H2,1-3H3. The van der Waals surface area contributed by atoms with Crippen LogP contribution in [0.2, 0.25) is 0 Å². The molecule has 0 aromatic heterocycles. The smallest absolute Gasteiger partial charge is 0.0855 e. The highest BCUT2D eigenvalue weighted by molar-refractivity contribution is 4.93. The van der Waals surface area contributed by atoms with Gasteiger partial charge < -0.3 is 19.3 Å². The fourth-order valence-corrected chi connectivity index (χ4v) is 3.52. The first kappa shape index (κ1) is 15.2. The summed E-state index contributed by atoms with van der Waals surface area (Å²) < 4.78 is 16.9. The Hall–Kier alpha value is -0.160. The predicted molar refractivity (Wildman–Crippen MR) is 73.1 cm³/mol. The minimum absolute atomic E-state index is 0.0581. The van der Waals surface area contributed by atoms with Crippen LogP contribution in [0.5, 0.6) is 0 Å². The number of aliphatic hydroxyl groups excluding tert-OH is 1. The van der Waals surface area contributed by atoms with E-state index in [9.17, 15) is 5.11 Å². The molecule has 112 valence electrons. The second-order valence-corrected chi connectivity index (χ2v) is 6.33. The molecule has 2 saturated heterocycles. The van der Waals surface area contributed by atoms with Crippen LogP contribution in [0.15, 0.2) is 0 Å². The molecule has 2 fully saturated rings. The van der Waals surface area contributed by atoms with Gasteiger partial charge in [0, 0.05) is 26.9 Å². The van der Waals surface area contributed by atoms with Crippen molar-refractivity contribution in [3.8, 4) is 0 Å². The highest BCUT2D eigenvalue weighted by Crippen LogP contribution is 2.39. The van der Waals surface area contributed by atoms with Crippen molar-refractivity contribution >= 4 is 0 Å². The van der Waals surface area contributed by atoms with Crippen LogP contribution in [-0.2, 0) is 14.2 Å². The Balaban J connectivity index is 1.99. The zero-order valence-electron chi connectivity index (χ0n) is 12.4. The molecule has 0 saturated carbocycles. The van der Waals surface area contributed by atoms with Gasteiger partial charge in [0.2, 0.25) is 0 Å². The summed E-state index contributed by atoms with van der Waals surface area (Å²) in [7, 11) is 1.69. The van der Waals surface area contributed by atoms with Gasteiger partial charge in [-0.1, -0.05) is 13.8 Å². The van der Waals surface area contributed by atoms with Crippen molar-refractivity contribution in [2.75, 3.05) is 26.9 Å². The van der Waals surface area contributed by atoms with E-state index in [-0.39, 0.29) is 17.6 Å². The number of rotatable bonds is 4. The molecule has 2 heterocycles. The summed E-state index contributed by atoms with van der Waals surface area (Å²) in [5, 5.41) is 10.6. The molecule has 0 aliphatic carbocycles. The highest BCUT2D eigenvalue weighted by Gasteiger charge is 2.42. The van der Waals surface area contributed by atoms with Crippen LogP contribution in [0, 0.1) is 11.8 Å². The van der Waals surface area contributed by atoms with Crippen LogP contribution in [0.4, 0.5) is 0 Å². The van der Waals surface area contributed by atoms with Gasteiger partial charge in [-0.2, -0.15) is 0 Å². The molecule has 0 radical (unpaired) electrons. The lowest BCUT2D eigenvalue weighted by Crippen LogP contribution is -2.49. The maximum absolute atomic E-state index is 10.6. The number of hydrogen-bond donors (Lipinski definition) is 1. The van der Waals surface area contributed by atoms with E-state index in [2.05, 4.69) is 13.8 Å². The average molecular weight is 272 g/mol. The van der Waals surface area contributed by atoms with E-state index in [1.165, 1.54) is 0 Å². The third kappa shape index (κ3) is 3.48. The van der Waals surface area contributed by atoms with Crippen molar-refractivity contribution in [2.45, 2.75) is 57.3 Å². The molecule has 0 bridgehead atoms. The van der Waals surface area contributed by atoms with Gasteiger partial charge in [0.1, 0.15) is 0 Å². The Morgan fingerprint density at radius 1 is 1.21 bits per heavy atom. The third-order valence-corrected chi connectivity index (χ3v) is 4.68. The maximum Gasteiger partial charge on any atom is 0.0855 e. The van der Waals surface area contributed by atoms with Crippen molar-refractivity contribution in [3.05, 3.63) is 0 Å². The zero-order chi connectivity index (χ0) is 13.9.